The van der Waals surface area contributed by atoms with Gasteiger partial charge in [-0.3, -0.25) is 4.79 Å². The second-order valence-electron chi connectivity index (χ2n) is 5.77. The summed E-state index contributed by atoms with van der Waals surface area (Å²) < 4.78 is 4.19. The number of carbonyl (C=O) groups is 1. The van der Waals surface area contributed by atoms with Crippen molar-refractivity contribution in [1.29, 1.82) is 0 Å². The lowest BCUT2D eigenvalue weighted by Gasteiger charge is -2.38. The van der Waals surface area contributed by atoms with Gasteiger partial charge in [-0.15, -0.1) is 0 Å². The molecule has 2 fully saturated rings. The monoisotopic (exact) mass is 295 g/mol. The molecule has 0 radical (unpaired) electrons. The highest BCUT2D eigenvalue weighted by atomic mass is 32.1. The van der Waals surface area contributed by atoms with Crippen LogP contribution in [0.1, 0.15) is 30.1 Å². The van der Waals surface area contributed by atoms with Gasteiger partial charge < -0.3 is 20.9 Å². The molecule has 1 amide bonds. The lowest BCUT2D eigenvalue weighted by atomic mass is 10.2. The minimum absolute atomic E-state index is 0.0691. The van der Waals surface area contributed by atoms with Crippen molar-refractivity contribution in [2.75, 3.05) is 37.3 Å². The first-order valence-electron chi connectivity index (χ1n) is 7.07. The maximum absolute atomic E-state index is 12.3. The standard InChI is InChI=1S/C13H21N5OS/c1-8-7-18(6-5-17(8)2)13-10(11(14)16-20-13)12(19)15-9-3-4-9/h8-9H,3-7H2,1-2H3,(H2,14,16)(H,15,19). The largest absolute Gasteiger partial charge is 0.382 e. The Morgan fingerprint density at radius 1 is 1.45 bits per heavy atom. The molecular weight excluding hydrogens is 274 g/mol. The van der Waals surface area contributed by atoms with E-state index in [9.17, 15) is 4.79 Å². The number of anilines is 2. The van der Waals surface area contributed by atoms with Crippen molar-refractivity contribution < 1.29 is 4.79 Å². The van der Waals surface area contributed by atoms with Crippen molar-refractivity contribution in [2.24, 2.45) is 0 Å². The molecule has 6 nitrogen and oxygen atoms in total. The van der Waals surface area contributed by atoms with Crippen LogP contribution in [0.2, 0.25) is 0 Å². The zero-order valence-electron chi connectivity index (χ0n) is 11.9. The third-order valence-electron chi connectivity index (χ3n) is 4.09. The maximum Gasteiger partial charge on any atom is 0.258 e. The van der Waals surface area contributed by atoms with E-state index in [2.05, 4.69) is 33.5 Å². The van der Waals surface area contributed by atoms with E-state index < -0.39 is 0 Å². The van der Waals surface area contributed by atoms with Crippen LogP contribution >= 0.6 is 11.5 Å². The van der Waals surface area contributed by atoms with E-state index in [0.717, 1.165) is 37.5 Å². The molecule has 1 saturated carbocycles. The van der Waals surface area contributed by atoms with Gasteiger partial charge in [0, 0.05) is 31.7 Å². The topological polar surface area (TPSA) is 74.5 Å². The first-order chi connectivity index (χ1) is 9.56. The molecule has 0 bridgehead atoms. The summed E-state index contributed by atoms with van der Waals surface area (Å²) in [4.78, 5) is 16.9. The van der Waals surface area contributed by atoms with Crippen molar-refractivity contribution in [3.05, 3.63) is 5.56 Å². The number of nitrogen functional groups attached to an aromatic ring is 1. The molecule has 3 rings (SSSR count). The number of amides is 1. The third-order valence-corrected chi connectivity index (χ3v) is 5.01. The molecule has 0 spiro atoms. The summed E-state index contributed by atoms with van der Waals surface area (Å²) in [6.45, 7) is 5.00. The summed E-state index contributed by atoms with van der Waals surface area (Å²) in [6, 6.07) is 0.799. The summed E-state index contributed by atoms with van der Waals surface area (Å²) in [5, 5.41) is 3.92. The van der Waals surface area contributed by atoms with E-state index in [1.54, 1.807) is 0 Å². The molecule has 20 heavy (non-hydrogen) atoms. The Balaban J connectivity index is 1.80. The number of hydrogen-bond donors (Lipinski definition) is 2. The van der Waals surface area contributed by atoms with Gasteiger partial charge in [-0.2, -0.15) is 4.37 Å². The Bertz CT molecular complexity index is 513. The lowest BCUT2D eigenvalue weighted by molar-refractivity contribution is 0.0952. The van der Waals surface area contributed by atoms with Gasteiger partial charge in [0.05, 0.1) is 0 Å². The van der Waals surface area contributed by atoms with E-state index >= 15 is 0 Å². The van der Waals surface area contributed by atoms with Crippen LogP contribution in [0.4, 0.5) is 10.8 Å². The first-order valence-corrected chi connectivity index (χ1v) is 7.84. The predicted octanol–water partition coefficient (Wildman–Crippen LogP) is 0.758. The van der Waals surface area contributed by atoms with Crippen LogP contribution in [-0.4, -0.2) is 53.9 Å². The van der Waals surface area contributed by atoms with Crippen molar-refractivity contribution in [3.8, 4) is 0 Å². The van der Waals surface area contributed by atoms with Crippen molar-refractivity contribution in [1.82, 2.24) is 14.6 Å². The molecule has 1 aromatic rings. The fraction of sp³-hybridized carbons (Fsp3) is 0.692. The highest BCUT2D eigenvalue weighted by Gasteiger charge is 2.31. The number of rotatable bonds is 3. The second kappa shape index (κ2) is 5.21. The third kappa shape index (κ3) is 2.60. The Morgan fingerprint density at radius 2 is 2.20 bits per heavy atom. The zero-order chi connectivity index (χ0) is 14.3. The van der Waals surface area contributed by atoms with E-state index in [-0.39, 0.29) is 5.91 Å². The van der Waals surface area contributed by atoms with E-state index in [4.69, 9.17) is 5.73 Å². The van der Waals surface area contributed by atoms with Crippen LogP contribution in [0.5, 0.6) is 0 Å². The molecular formula is C13H21N5OS. The van der Waals surface area contributed by atoms with Gasteiger partial charge in [-0.25, -0.2) is 0 Å². The van der Waals surface area contributed by atoms with Gasteiger partial charge >= 0.3 is 0 Å². The van der Waals surface area contributed by atoms with E-state index in [0.29, 0.717) is 23.5 Å². The highest BCUT2D eigenvalue weighted by Crippen LogP contribution is 2.32. The van der Waals surface area contributed by atoms with Crippen LogP contribution in [0, 0.1) is 0 Å². The predicted molar refractivity (Wildman–Crippen MR) is 81.3 cm³/mol. The van der Waals surface area contributed by atoms with Gasteiger partial charge in [0.2, 0.25) is 0 Å². The number of likely N-dealkylation sites (N-methyl/N-ethyl adjacent to an activating group) is 1. The molecule has 1 aliphatic carbocycles. The van der Waals surface area contributed by atoms with Crippen LogP contribution in [0.25, 0.3) is 0 Å². The number of nitrogens with one attached hydrogen (secondary N) is 1. The normalized spacial score (nSPS) is 23.9. The highest BCUT2D eigenvalue weighted by molar-refractivity contribution is 7.11. The number of piperazine rings is 1. The van der Waals surface area contributed by atoms with Gasteiger partial charge in [0.1, 0.15) is 10.6 Å². The van der Waals surface area contributed by atoms with Gasteiger partial charge in [0.25, 0.3) is 5.91 Å². The van der Waals surface area contributed by atoms with Gasteiger partial charge in [0.15, 0.2) is 5.82 Å². The molecule has 3 N–H and O–H groups in total. The van der Waals surface area contributed by atoms with Gasteiger partial charge in [-0.1, -0.05) is 0 Å². The van der Waals surface area contributed by atoms with Crippen LogP contribution in [0.3, 0.4) is 0 Å². The number of nitrogens with zero attached hydrogens (tertiary/aromatic N) is 3. The molecule has 1 atom stereocenters. The number of nitrogens with two attached hydrogens (primary N) is 1. The van der Waals surface area contributed by atoms with Crippen LogP contribution in [-0.2, 0) is 0 Å². The number of aromatic nitrogens is 1. The minimum atomic E-state index is -0.0691. The summed E-state index contributed by atoms with van der Waals surface area (Å²) in [5.74, 6) is 0.287. The van der Waals surface area contributed by atoms with Crippen molar-refractivity contribution >= 4 is 28.3 Å². The molecule has 110 valence electrons. The second-order valence-corrected chi connectivity index (χ2v) is 6.52. The minimum Gasteiger partial charge on any atom is -0.382 e. The van der Waals surface area contributed by atoms with E-state index in [1.165, 1.54) is 11.5 Å². The fourth-order valence-electron chi connectivity index (χ4n) is 2.44. The average Bonchev–Trinajstić information content (AvgIpc) is 3.13. The molecule has 7 heteroatoms. The lowest BCUT2D eigenvalue weighted by Crippen LogP contribution is -2.50. The average molecular weight is 295 g/mol. The summed E-state index contributed by atoms with van der Waals surface area (Å²) in [6.07, 6.45) is 2.15. The van der Waals surface area contributed by atoms with Gasteiger partial charge in [-0.05, 0) is 38.3 Å². The molecule has 1 aliphatic heterocycles. The Labute approximate surface area is 123 Å². The fourth-order valence-corrected chi connectivity index (χ4v) is 3.29. The Kier molecular flexibility index (Phi) is 3.55. The van der Waals surface area contributed by atoms with Crippen molar-refractivity contribution in [3.63, 3.8) is 0 Å². The Morgan fingerprint density at radius 3 is 2.85 bits per heavy atom. The number of hydrogen-bond acceptors (Lipinski definition) is 6. The molecule has 2 aliphatic rings. The zero-order valence-corrected chi connectivity index (χ0v) is 12.7. The summed E-state index contributed by atoms with van der Waals surface area (Å²) in [5.41, 5.74) is 6.48. The molecule has 1 unspecified atom stereocenters. The molecule has 1 aromatic heterocycles. The Hall–Kier alpha value is -1.34. The smallest absolute Gasteiger partial charge is 0.258 e. The van der Waals surface area contributed by atoms with Crippen LogP contribution in [0.15, 0.2) is 0 Å². The molecule has 2 heterocycles. The van der Waals surface area contributed by atoms with E-state index in [1.807, 2.05) is 0 Å². The summed E-state index contributed by atoms with van der Waals surface area (Å²) >= 11 is 1.33. The molecule has 0 aromatic carbocycles. The van der Waals surface area contributed by atoms with Crippen LogP contribution < -0.4 is 16.0 Å². The van der Waals surface area contributed by atoms with Crippen molar-refractivity contribution in [2.45, 2.75) is 31.8 Å². The maximum atomic E-state index is 12.3. The quantitative estimate of drug-likeness (QED) is 0.861. The summed E-state index contributed by atoms with van der Waals surface area (Å²) in [7, 11) is 2.13. The number of carbonyl (C=O) groups excluding carboxylic acids is 1. The SMILES string of the molecule is CC1CN(c2snc(N)c2C(=O)NC2CC2)CCN1C. The first kappa shape index (κ1) is 13.6. The molecule has 1 saturated heterocycles.